The van der Waals surface area contributed by atoms with E-state index < -0.39 is 0 Å². The van der Waals surface area contributed by atoms with Gasteiger partial charge in [-0.05, 0) is 19.1 Å². The highest BCUT2D eigenvalue weighted by atomic mass is 16.5. The van der Waals surface area contributed by atoms with E-state index in [-0.39, 0.29) is 5.69 Å². The minimum atomic E-state index is 0.287. The number of rotatable bonds is 3. The maximum absolute atomic E-state index is 9.32. The van der Waals surface area contributed by atoms with Crippen LogP contribution in [0.1, 0.15) is 11.3 Å². The molecule has 22 heavy (non-hydrogen) atoms. The van der Waals surface area contributed by atoms with E-state index >= 15 is 0 Å². The number of aryl methyl sites for hydroxylation is 1. The fourth-order valence-electron chi connectivity index (χ4n) is 2.30. The molecule has 0 aliphatic rings. The number of hydrogen-bond donors (Lipinski definition) is 0. The van der Waals surface area contributed by atoms with Crippen molar-refractivity contribution < 1.29 is 4.74 Å². The Balaban J connectivity index is 2.24. The highest BCUT2D eigenvalue weighted by Gasteiger charge is 2.18. The molecule has 3 rings (SSSR count). The molecule has 0 bridgehead atoms. The number of aromatic nitrogens is 3. The van der Waals surface area contributed by atoms with Gasteiger partial charge in [0.2, 0.25) is 0 Å². The molecule has 1 heterocycles. The zero-order chi connectivity index (χ0) is 15.5. The van der Waals surface area contributed by atoms with Crippen molar-refractivity contribution in [3.8, 4) is 28.8 Å². The van der Waals surface area contributed by atoms with Gasteiger partial charge in [-0.3, -0.25) is 0 Å². The van der Waals surface area contributed by atoms with E-state index in [2.05, 4.69) is 16.4 Å². The van der Waals surface area contributed by atoms with Gasteiger partial charge in [0.25, 0.3) is 0 Å². The van der Waals surface area contributed by atoms with Crippen LogP contribution >= 0.6 is 0 Å². The van der Waals surface area contributed by atoms with Crippen LogP contribution in [-0.2, 0) is 0 Å². The molecule has 108 valence electrons. The number of ether oxygens (including phenoxy) is 1. The average Bonchev–Trinajstić information content (AvgIpc) is 2.99. The van der Waals surface area contributed by atoms with Crippen LogP contribution < -0.4 is 4.74 Å². The summed E-state index contributed by atoms with van der Waals surface area (Å²) in [6, 6.07) is 17.5. The van der Waals surface area contributed by atoms with E-state index in [0.29, 0.717) is 11.4 Å². The maximum atomic E-state index is 9.32. The van der Waals surface area contributed by atoms with Crippen LogP contribution in [0.3, 0.4) is 0 Å². The van der Waals surface area contributed by atoms with Gasteiger partial charge in [-0.25, -0.2) is 4.68 Å². The van der Waals surface area contributed by atoms with E-state index in [9.17, 15) is 5.26 Å². The fraction of sp³-hybridized carbons (Fsp3) is 0.118. The maximum Gasteiger partial charge on any atom is 0.191 e. The van der Waals surface area contributed by atoms with Gasteiger partial charge in [0.1, 0.15) is 23.2 Å². The largest absolute Gasteiger partial charge is 0.494 e. The van der Waals surface area contributed by atoms with Gasteiger partial charge < -0.3 is 4.74 Å². The zero-order valence-corrected chi connectivity index (χ0v) is 12.3. The highest BCUT2D eigenvalue weighted by Crippen LogP contribution is 2.29. The number of para-hydroxylation sites is 2. The SMILES string of the molecule is COc1ccccc1-n1nnc(C#N)c1-c1ccc(C)cc1. The standard InChI is InChI=1S/C17H14N4O/c1-12-7-9-13(10-8-12)17-14(11-18)19-20-21(17)15-5-3-4-6-16(15)22-2/h3-10H,1-2H3. The number of benzene rings is 2. The van der Waals surface area contributed by atoms with Crippen LogP contribution in [-0.4, -0.2) is 22.1 Å². The van der Waals surface area contributed by atoms with Crippen LogP contribution in [0.5, 0.6) is 5.75 Å². The van der Waals surface area contributed by atoms with Gasteiger partial charge >= 0.3 is 0 Å². The quantitative estimate of drug-likeness (QED) is 0.743. The summed E-state index contributed by atoms with van der Waals surface area (Å²) in [6.07, 6.45) is 0. The van der Waals surface area contributed by atoms with E-state index in [1.54, 1.807) is 11.8 Å². The molecule has 0 saturated carbocycles. The van der Waals surface area contributed by atoms with E-state index in [1.165, 1.54) is 0 Å². The van der Waals surface area contributed by atoms with Crippen molar-refractivity contribution in [1.82, 2.24) is 15.0 Å². The second-order valence-electron chi connectivity index (χ2n) is 4.85. The molecule has 0 aliphatic heterocycles. The third kappa shape index (κ3) is 2.31. The van der Waals surface area contributed by atoms with Crippen molar-refractivity contribution in [3.63, 3.8) is 0 Å². The molecule has 0 aliphatic carbocycles. The second kappa shape index (κ2) is 5.70. The van der Waals surface area contributed by atoms with E-state index in [4.69, 9.17) is 4.74 Å². The van der Waals surface area contributed by atoms with Gasteiger partial charge in [-0.2, -0.15) is 5.26 Å². The average molecular weight is 290 g/mol. The second-order valence-corrected chi connectivity index (χ2v) is 4.85. The summed E-state index contributed by atoms with van der Waals surface area (Å²) < 4.78 is 7.02. The number of nitrogens with zero attached hydrogens (tertiary/aromatic N) is 4. The minimum absolute atomic E-state index is 0.287. The Bertz CT molecular complexity index is 844. The molecule has 3 aromatic rings. The lowest BCUT2D eigenvalue weighted by Gasteiger charge is -2.10. The lowest BCUT2D eigenvalue weighted by atomic mass is 10.1. The molecule has 0 radical (unpaired) electrons. The van der Waals surface area contributed by atoms with Gasteiger partial charge in [0.05, 0.1) is 7.11 Å². The molecular weight excluding hydrogens is 276 g/mol. The molecule has 0 spiro atoms. The number of nitriles is 1. The topological polar surface area (TPSA) is 63.7 Å². The van der Waals surface area contributed by atoms with Crippen molar-refractivity contribution in [3.05, 3.63) is 59.8 Å². The Hall–Kier alpha value is -3.13. The summed E-state index contributed by atoms with van der Waals surface area (Å²) in [5.74, 6) is 0.672. The predicted octanol–water partition coefficient (Wildman–Crippen LogP) is 3.12. The molecule has 0 saturated heterocycles. The molecule has 1 aromatic heterocycles. The lowest BCUT2D eigenvalue weighted by Crippen LogP contribution is -2.02. The van der Waals surface area contributed by atoms with E-state index in [1.807, 2.05) is 55.5 Å². The highest BCUT2D eigenvalue weighted by molar-refractivity contribution is 5.68. The van der Waals surface area contributed by atoms with Gasteiger partial charge in [0, 0.05) is 5.56 Å². The lowest BCUT2D eigenvalue weighted by molar-refractivity contribution is 0.411. The van der Waals surface area contributed by atoms with Crippen molar-refractivity contribution in [2.75, 3.05) is 7.11 Å². The molecule has 0 unspecified atom stereocenters. The summed E-state index contributed by atoms with van der Waals surface area (Å²) in [7, 11) is 1.60. The van der Waals surface area contributed by atoms with E-state index in [0.717, 1.165) is 16.8 Å². The van der Waals surface area contributed by atoms with Crippen LogP contribution in [0.25, 0.3) is 16.9 Å². The molecule has 0 N–H and O–H groups in total. The molecule has 5 heteroatoms. The van der Waals surface area contributed by atoms with Crippen LogP contribution in [0, 0.1) is 18.3 Å². The summed E-state index contributed by atoms with van der Waals surface area (Å²) >= 11 is 0. The van der Waals surface area contributed by atoms with Crippen molar-refractivity contribution in [2.45, 2.75) is 6.92 Å². The first-order valence-corrected chi connectivity index (χ1v) is 6.81. The van der Waals surface area contributed by atoms with Crippen LogP contribution in [0.15, 0.2) is 48.5 Å². The monoisotopic (exact) mass is 290 g/mol. The minimum Gasteiger partial charge on any atom is -0.494 e. The molecule has 2 aromatic carbocycles. The van der Waals surface area contributed by atoms with Gasteiger partial charge in [-0.1, -0.05) is 47.2 Å². The summed E-state index contributed by atoms with van der Waals surface area (Å²) in [5, 5.41) is 17.4. The Morgan fingerprint density at radius 1 is 1.09 bits per heavy atom. The molecule has 0 amide bonds. The first kappa shape index (κ1) is 13.8. The summed E-state index contributed by atoms with van der Waals surface area (Å²) in [5.41, 5.74) is 3.73. The smallest absolute Gasteiger partial charge is 0.191 e. The fourth-order valence-corrected chi connectivity index (χ4v) is 2.30. The van der Waals surface area contributed by atoms with Crippen LogP contribution in [0.2, 0.25) is 0 Å². The van der Waals surface area contributed by atoms with Gasteiger partial charge in [-0.15, -0.1) is 5.10 Å². The Labute approximate surface area is 128 Å². The first-order valence-electron chi connectivity index (χ1n) is 6.81. The third-order valence-corrected chi connectivity index (χ3v) is 3.41. The molecule has 5 nitrogen and oxygen atoms in total. The normalized spacial score (nSPS) is 10.2. The Morgan fingerprint density at radius 2 is 1.82 bits per heavy atom. The Morgan fingerprint density at radius 3 is 2.50 bits per heavy atom. The molecule has 0 fully saturated rings. The Kier molecular flexibility index (Phi) is 3.58. The molecule has 0 atom stereocenters. The third-order valence-electron chi connectivity index (χ3n) is 3.41. The van der Waals surface area contributed by atoms with Crippen molar-refractivity contribution in [1.29, 1.82) is 5.26 Å². The summed E-state index contributed by atoms with van der Waals surface area (Å²) in [6.45, 7) is 2.02. The number of hydrogen-bond acceptors (Lipinski definition) is 4. The predicted molar refractivity (Wildman–Crippen MR) is 82.8 cm³/mol. The van der Waals surface area contributed by atoms with Crippen LogP contribution in [0.4, 0.5) is 0 Å². The molecular formula is C17H14N4O. The van der Waals surface area contributed by atoms with Gasteiger partial charge in [0.15, 0.2) is 5.69 Å². The summed E-state index contributed by atoms with van der Waals surface area (Å²) in [4.78, 5) is 0. The van der Waals surface area contributed by atoms with Crippen molar-refractivity contribution in [2.24, 2.45) is 0 Å². The first-order chi connectivity index (χ1) is 10.7. The number of methoxy groups -OCH3 is 1. The van der Waals surface area contributed by atoms with Crippen molar-refractivity contribution >= 4 is 0 Å². The zero-order valence-electron chi connectivity index (χ0n) is 12.3.